The monoisotopic (exact) mass is 294 g/mol. The summed E-state index contributed by atoms with van der Waals surface area (Å²) in [5.74, 6) is -1.78. The van der Waals surface area contributed by atoms with Gasteiger partial charge in [0.15, 0.2) is 6.61 Å². The SMILES string of the molecule is Cc1cc(N)cc(C(=O)OCC(=O)N2CCCCC2)c1F. The van der Waals surface area contributed by atoms with Crippen LogP contribution >= 0.6 is 0 Å². The van der Waals surface area contributed by atoms with Crippen molar-refractivity contribution in [3.05, 3.63) is 29.1 Å². The molecule has 2 N–H and O–H groups in total. The van der Waals surface area contributed by atoms with Gasteiger partial charge in [-0.05, 0) is 43.9 Å². The van der Waals surface area contributed by atoms with E-state index in [0.717, 1.165) is 19.3 Å². The summed E-state index contributed by atoms with van der Waals surface area (Å²) in [6.45, 7) is 2.51. The lowest BCUT2D eigenvalue weighted by Gasteiger charge is -2.26. The number of esters is 1. The highest BCUT2D eigenvalue weighted by molar-refractivity contribution is 5.92. The minimum absolute atomic E-state index is 0.237. The minimum atomic E-state index is -0.867. The third-order valence-electron chi connectivity index (χ3n) is 3.53. The first kappa shape index (κ1) is 15.3. The predicted molar refractivity (Wildman–Crippen MR) is 76.3 cm³/mol. The van der Waals surface area contributed by atoms with E-state index in [1.165, 1.54) is 19.1 Å². The predicted octanol–water partition coefficient (Wildman–Crippen LogP) is 1.89. The molecule has 0 unspecified atom stereocenters. The summed E-state index contributed by atoms with van der Waals surface area (Å²) in [6.07, 6.45) is 3.03. The number of piperidine rings is 1. The molecule has 1 fully saturated rings. The maximum Gasteiger partial charge on any atom is 0.341 e. The lowest BCUT2D eigenvalue weighted by Crippen LogP contribution is -2.38. The Kier molecular flexibility index (Phi) is 4.77. The Morgan fingerprint density at radius 1 is 1.29 bits per heavy atom. The van der Waals surface area contributed by atoms with E-state index in [9.17, 15) is 14.0 Å². The van der Waals surface area contributed by atoms with Crippen molar-refractivity contribution in [1.29, 1.82) is 0 Å². The fraction of sp³-hybridized carbons (Fsp3) is 0.467. The van der Waals surface area contributed by atoms with E-state index in [0.29, 0.717) is 13.1 Å². The standard InChI is InChI=1S/C15H19FN2O3/c1-10-7-11(17)8-12(14(10)16)15(20)21-9-13(19)18-5-3-2-4-6-18/h7-8H,2-6,9,17H2,1H3. The topological polar surface area (TPSA) is 72.6 Å². The summed E-state index contributed by atoms with van der Waals surface area (Å²) in [5, 5.41) is 0. The van der Waals surface area contributed by atoms with Crippen LogP contribution < -0.4 is 5.73 Å². The van der Waals surface area contributed by atoms with Crippen molar-refractivity contribution in [2.24, 2.45) is 0 Å². The number of aryl methyl sites for hydroxylation is 1. The average molecular weight is 294 g/mol. The number of ether oxygens (including phenoxy) is 1. The molecule has 0 aliphatic carbocycles. The molecule has 1 heterocycles. The van der Waals surface area contributed by atoms with E-state index >= 15 is 0 Å². The molecule has 6 heteroatoms. The Balaban J connectivity index is 1.97. The first-order valence-electron chi connectivity index (χ1n) is 6.99. The normalized spacial score (nSPS) is 14.9. The highest BCUT2D eigenvalue weighted by Crippen LogP contribution is 2.18. The fourth-order valence-corrected chi connectivity index (χ4v) is 2.39. The van der Waals surface area contributed by atoms with E-state index in [-0.39, 0.29) is 29.3 Å². The third-order valence-corrected chi connectivity index (χ3v) is 3.53. The van der Waals surface area contributed by atoms with Crippen LogP contribution in [0.2, 0.25) is 0 Å². The van der Waals surface area contributed by atoms with Crippen molar-refractivity contribution in [3.8, 4) is 0 Å². The molecule has 0 radical (unpaired) electrons. The maximum absolute atomic E-state index is 13.9. The second kappa shape index (κ2) is 6.56. The van der Waals surface area contributed by atoms with Crippen LogP contribution in [-0.2, 0) is 9.53 Å². The van der Waals surface area contributed by atoms with Gasteiger partial charge in [-0.15, -0.1) is 0 Å². The van der Waals surface area contributed by atoms with Crippen LogP contribution in [0.4, 0.5) is 10.1 Å². The van der Waals surface area contributed by atoms with Gasteiger partial charge in [0.05, 0.1) is 5.56 Å². The van der Waals surface area contributed by atoms with Crippen molar-refractivity contribution < 1.29 is 18.7 Å². The second-order valence-electron chi connectivity index (χ2n) is 5.22. The zero-order chi connectivity index (χ0) is 15.4. The summed E-state index contributed by atoms with van der Waals surface area (Å²) in [5.41, 5.74) is 5.90. The molecule has 1 amide bonds. The van der Waals surface area contributed by atoms with Crippen LogP contribution in [0.5, 0.6) is 0 Å². The number of likely N-dealkylation sites (tertiary alicyclic amines) is 1. The molecular formula is C15H19FN2O3. The molecule has 0 bridgehead atoms. The summed E-state index contributed by atoms with van der Waals surface area (Å²) >= 11 is 0. The molecule has 0 spiro atoms. The van der Waals surface area contributed by atoms with E-state index in [1.54, 1.807) is 4.90 Å². The summed E-state index contributed by atoms with van der Waals surface area (Å²) in [7, 11) is 0. The molecular weight excluding hydrogens is 275 g/mol. The first-order chi connectivity index (χ1) is 9.99. The second-order valence-corrected chi connectivity index (χ2v) is 5.22. The number of anilines is 1. The molecule has 1 saturated heterocycles. The van der Waals surface area contributed by atoms with E-state index in [1.807, 2.05) is 0 Å². The van der Waals surface area contributed by atoms with Gasteiger partial charge in [-0.25, -0.2) is 9.18 Å². The number of carbonyl (C=O) groups excluding carboxylic acids is 2. The summed E-state index contributed by atoms with van der Waals surface area (Å²) < 4.78 is 18.8. The van der Waals surface area contributed by atoms with Gasteiger partial charge in [-0.3, -0.25) is 4.79 Å². The third kappa shape index (κ3) is 3.71. The maximum atomic E-state index is 13.9. The van der Waals surface area contributed by atoms with E-state index in [4.69, 9.17) is 10.5 Å². The van der Waals surface area contributed by atoms with Crippen LogP contribution in [0.15, 0.2) is 12.1 Å². The Morgan fingerprint density at radius 3 is 2.62 bits per heavy atom. The highest BCUT2D eigenvalue weighted by Gasteiger charge is 2.20. The van der Waals surface area contributed by atoms with Crippen molar-refractivity contribution >= 4 is 17.6 Å². The lowest BCUT2D eigenvalue weighted by molar-refractivity contribution is -0.135. The number of carbonyl (C=O) groups is 2. The molecule has 114 valence electrons. The quantitative estimate of drug-likeness (QED) is 0.682. The summed E-state index contributed by atoms with van der Waals surface area (Å²) in [4.78, 5) is 25.4. The number of benzene rings is 1. The van der Waals surface area contributed by atoms with Crippen LogP contribution in [0, 0.1) is 12.7 Å². The van der Waals surface area contributed by atoms with Gasteiger partial charge in [0.25, 0.3) is 5.91 Å². The van der Waals surface area contributed by atoms with Crippen molar-refractivity contribution in [3.63, 3.8) is 0 Å². The average Bonchev–Trinajstić information content (AvgIpc) is 2.49. The van der Waals surface area contributed by atoms with Crippen LogP contribution in [0.1, 0.15) is 35.2 Å². The minimum Gasteiger partial charge on any atom is -0.452 e. The van der Waals surface area contributed by atoms with Crippen LogP contribution in [0.3, 0.4) is 0 Å². The van der Waals surface area contributed by atoms with Gasteiger partial charge in [0.1, 0.15) is 5.82 Å². The van der Waals surface area contributed by atoms with Gasteiger partial charge in [0, 0.05) is 18.8 Å². The number of nitrogens with zero attached hydrogens (tertiary/aromatic N) is 1. The molecule has 2 rings (SSSR count). The van der Waals surface area contributed by atoms with Gasteiger partial charge in [-0.2, -0.15) is 0 Å². The Morgan fingerprint density at radius 2 is 1.95 bits per heavy atom. The Bertz CT molecular complexity index is 554. The number of hydrogen-bond donors (Lipinski definition) is 1. The number of hydrogen-bond acceptors (Lipinski definition) is 4. The smallest absolute Gasteiger partial charge is 0.341 e. The first-order valence-corrected chi connectivity index (χ1v) is 6.99. The number of halogens is 1. The van der Waals surface area contributed by atoms with E-state index in [2.05, 4.69) is 0 Å². The van der Waals surface area contributed by atoms with Crippen molar-refractivity contribution in [2.75, 3.05) is 25.4 Å². The molecule has 1 aliphatic heterocycles. The molecule has 21 heavy (non-hydrogen) atoms. The number of amides is 1. The Labute approximate surface area is 122 Å². The van der Waals surface area contributed by atoms with Gasteiger partial charge >= 0.3 is 5.97 Å². The molecule has 1 aliphatic rings. The Hall–Kier alpha value is -2.11. The molecule has 1 aromatic rings. The number of rotatable bonds is 3. The summed E-state index contributed by atoms with van der Waals surface area (Å²) in [6, 6.07) is 2.65. The van der Waals surface area contributed by atoms with Crippen LogP contribution in [0.25, 0.3) is 0 Å². The number of nitrogens with two attached hydrogens (primary N) is 1. The molecule has 0 aromatic heterocycles. The molecule has 1 aromatic carbocycles. The number of nitrogen functional groups attached to an aromatic ring is 1. The molecule has 5 nitrogen and oxygen atoms in total. The van der Waals surface area contributed by atoms with Gasteiger partial charge < -0.3 is 15.4 Å². The molecule has 0 atom stereocenters. The lowest BCUT2D eigenvalue weighted by atomic mass is 10.1. The van der Waals surface area contributed by atoms with Gasteiger partial charge in [0.2, 0.25) is 0 Å². The van der Waals surface area contributed by atoms with Gasteiger partial charge in [-0.1, -0.05) is 0 Å². The largest absolute Gasteiger partial charge is 0.452 e. The fourth-order valence-electron chi connectivity index (χ4n) is 2.39. The zero-order valence-electron chi connectivity index (χ0n) is 12.0. The molecule has 0 saturated carbocycles. The zero-order valence-corrected chi connectivity index (χ0v) is 12.0. The van der Waals surface area contributed by atoms with Crippen molar-refractivity contribution in [1.82, 2.24) is 4.90 Å². The highest BCUT2D eigenvalue weighted by atomic mass is 19.1. The van der Waals surface area contributed by atoms with Crippen LogP contribution in [-0.4, -0.2) is 36.5 Å². The van der Waals surface area contributed by atoms with E-state index < -0.39 is 11.8 Å². The van der Waals surface area contributed by atoms with Crippen molar-refractivity contribution in [2.45, 2.75) is 26.2 Å².